The summed E-state index contributed by atoms with van der Waals surface area (Å²) in [5, 5.41) is 19.7. The van der Waals surface area contributed by atoms with Gasteiger partial charge in [-0.15, -0.1) is 0 Å². The maximum Gasteiger partial charge on any atom is 0.416 e. The van der Waals surface area contributed by atoms with E-state index in [0.717, 1.165) is 24.8 Å². The van der Waals surface area contributed by atoms with Crippen LogP contribution in [0.1, 0.15) is 73.1 Å². The van der Waals surface area contributed by atoms with Gasteiger partial charge in [0.25, 0.3) is 0 Å². The van der Waals surface area contributed by atoms with Crippen molar-refractivity contribution >= 4 is 5.97 Å². The number of benzene rings is 2. The molecule has 6 unspecified atom stereocenters. The second-order valence-electron chi connectivity index (χ2n) is 11.7. The standard InChI is InChI=1S/C29H29F6NO4/c1-13(26(38)39)25(37)16-4-3-15-5-8-22(40-23(15)9-16)19-11-24-27(12-21(19)27)36(24)14(2)18-10-17(28(30,31)32)6-7-20(18)29(33,34)35/h3-4,6-7,9-10,13-14,19,21-22,24-25,37H,5,8,11-12H2,1-2H3,(H,38,39)/t13-,14-,19?,21?,22?,24?,25+,27?,36?/m0/s1. The molecule has 216 valence electrons. The Kier molecular flexibility index (Phi) is 6.06. The largest absolute Gasteiger partial charge is 0.490 e. The van der Waals surface area contributed by atoms with Crippen LogP contribution >= 0.6 is 0 Å². The Morgan fingerprint density at radius 1 is 1.07 bits per heavy atom. The third kappa shape index (κ3) is 4.19. The van der Waals surface area contributed by atoms with Crippen LogP contribution in [-0.4, -0.2) is 38.8 Å². The van der Waals surface area contributed by atoms with Crippen molar-refractivity contribution in [3.63, 3.8) is 0 Å². The number of piperidine rings is 1. The average Bonchev–Trinajstić information content (AvgIpc) is 3.76. The molecule has 0 radical (unpaired) electrons. The number of alkyl halides is 6. The zero-order valence-corrected chi connectivity index (χ0v) is 21.8. The molecular formula is C29H29F6NO4. The summed E-state index contributed by atoms with van der Waals surface area (Å²) >= 11 is 0. The SMILES string of the molecule is C[C@H](C(=O)O)[C@@H](O)c1ccc2c(c1)OC(C1CC3N([C@@H](C)c4cc(C(F)(F)F)ccc4C(F)(F)F)C34CC14)CC2. The lowest BCUT2D eigenvalue weighted by Crippen LogP contribution is -2.34. The molecule has 2 heterocycles. The first-order valence-corrected chi connectivity index (χ1v) is 13.4. The molecule has 2 aromatic rings. The third-order valence-corrected chi connectivity index (χ3v) is 9.67. The fourth-order valence-electron chi connectivity index (χ4n) is 7.52. The molecule has 3 fully saturated rings. The molecule has 2 aliphatic heterocycles. The van der Waals surface area contributed by atoms with Gasteiger partial charge in [0, 0.05) is 23.5 Å². The Morgan fingerprint density at radius 2 is 1.80 bits per heavy atom. The van der Waals surface area contributed by atoms with Crippen LogP contribution in [-0.2, 0) is 23.6 Å². The molecule has 9 atom stereocenters. The van der Waals surface area contributed by atoms with E-state index in [1.54, 1.807) is 19.1 Å². The van der Waals surface area contributed by atoms with Gasteiger partial charge < -0.3 is 14.9 Å². The number of aliphatic carboxylic acids is 1. The van der Waals surface area contributed by atoms with Crippen molar-refractivity contribution in [1.82, 2.24) is 4.90 Å². The summed E-state index contributed by atoms with van der Waals surface area (Å²) in [5.74, 6) is -1.15. The second kappa shape index (κ2) is 8.85. The summed E-state index contributed by atoms with van der Waals surface area (Å²) in [5.41, 5.74) is -1.35. The molecule has 5 nitrogen and oxygen atoms in total. The van der Waals surface area contributed by atoms with Crippen LogP contribution in [0.4, 0.5) is 26.3 Å². The first kappa shape index (κ1) is 27.4. The van der Waals surface area contributed by atoms with Crippen molar-refractivity contribution in [2.75, 3.05) is 0 Å². The van der Waals surface area contributed by atoms with Gasteiger partial charge in [-0.05, 0) is 86.4 Å². The predicted molar refractivity (Wildman–Crippen MR) is 130 cm³/mol. The highest BCUT2D eigenvalue weighted by Crippen LogP contribution is 2.77. The van der Waals surface area contributed by atoms with Gasteiger partial charge in [-0.2, -0.15) is 26.3 Å². The molecule has 0 aromatic heterocycles. The van der Waals surface area contributed by atoms with E-state index in [1.165, 1.54) is 6.92 Å². The van der Waals surface area contributed by atoms with Gasteiger partial charge in [0.05, 0.1) is 23.1 Å². The lowest BCUT2D eigenvalue weighted by Gasteiger charge is -2.33. The number of rotatable bonds is 6. The summed E-state index contributed by atoms with van der Waals surface area (Å²) in [6, 6.07) is 6.06. The van der Waals surface area contributed by atoms with E-state index in [4.69, 9.17) is 4.74 Å². The second-order valence-corrected chi connectivity index (χ2v) is 11.7. The number of ether oxygens (including phenoxy) is 1. The third-order valence-electron chi connectivity index (χ3n) is 9.67. The number of aryl methyl sites for hydroxylation is 1. The van der Waals surface area contributed by atoms with Gasteiger partial charge in [0.1, 0.15) is 11.9 Å². The van der Waals surface area contributed by atoms with Gasteiger partial charge in [-0.25, -0.2) is 0 Å². The number of aliphatic hydroxyl groups is 1. The number of nitrogens with zero attached hydrogens (tertiary/aromatic N) is 1. The van der Waals surface area contributed by atoms with Gasteiger partial charge >= 0.3 is 18.3 Å². The quantitative estimate of drug-likeness (QED) is 0.312. The number of carboxylic acids is 1. The van der Waals surface area contributed by atoms with E-state index < -0.39 is 47.5 Å². The zero-order valence-electron chi connectivity index (χ0n) is 21.8. The number of fused-ring (bicyclic) bond motifs is 1. The molecule has 4 aliphatic rings. The molecule has 2 aromatic carbocycles. The molecule has 1 spiro atoms. The molecular weight excluding hydrogens is 540 g/mol. The Balaban J connectivity index is 1.18. The Bertz CT molecular complexity index is 1360. The van der Waals surface area contributed by atoms with Gasteiger partial charge in [-0.3, -0.25) is 9.69 Å². The highest BCUT2D eigenvalue weighted by molar-refractivity contribution is 5.70. The first-order valence-electron chi connectivity index (χ1n) is 13.4. The smallest absolute Gasteiger partial charge is 0.416 e. The summed E-state index contributed by atoms with van der Waals surface area (Å²) in [6.45, 7) is 2.98. The van der Waals surface area contributed by atoms with E-state index in [1.807, 2.05) is 11.0 Å². The molecule has 1 saturated heterocycles. The predicted octanol–water partition coefficient (Wildman–Crippen LogP) is 6.40. The Hall–Kier alpha value is -2.79. The summed E-state index contributed by atoms with van der Waals surface area (Å²) in [7, 11) is 0. The lowest BCUT2D eigenvalue weighted by molar-refractivity contribution is -0.145. The molecule has 11 heteroatoms. The molecule has 0 amide bonds. The first-order chi connectivity index (χ1) is 18.6. The van der Waals surface area contributed by atoms with E-state index in [-0.39, 0.29) is 35.1 Å². The highest BCUT2D eigenvalue weighted by Gasteiger charge is 2.84. The van der Waals surface area contributed by atoms with Crippen molar-refractivity contribution in [2.45, 2.75) is 81.7 Å². The molecule has 40 heavy (non-hydrogen) atoms. The monoisotopic (exact) mass is 569 g/mol. The Morgan fingerprint density at radius 3 is 2.40 bits per heavy atom. The number of hydrogen-bond donors (Lipinski definition) is 2. The molecule has 6 rings (SSSR count). The number of hydrogen-bond acceptors (Lipinski definition) is 4. The number of aliphatic hydroxyl groups excluding tert-OH is 1. The van der Waals surface area contributed by atoms with Crippen LogP contribution in [0.2, 0.25) is 0 Å². The average molecular weight is 570 g/mol. The van der Waals surface area contributed by atoms with Gasteiger partial charge in [0.15, 0.2) is 0 Å². The van der Waals surface area contributed by atoms with Gasteiger partial charge in [0.2, 0.25) is 0 Å². The minimum atomic E-state index is -4.76. The van der Waals surface area contributed by atoms with E-state index in [9.17, 15) is 41.4 Å². The number of halogens is 6. The Labute approximate surface area is 226 Å². The van der Waals surface area contributed by atoms with E-state index in [2.05, 4.69) is 0 Å². The normalized spacial score (nSPS) is 32.7. The number of likely N-dealkylation sites (tertiary alicyclic amines) is 1. The van der Waals surface area contributed by atoms with E-state index >= 15 is 0 Å². The van der Waals surface area contributed by atoms with Crippen LogP contribution in [0, 0.1) is 17.8 Å². The fraction of sp³-hybridized carbons (Fsp3) is 0.552. The maximum absolute atomic E-state index is 13.7. The van der Waals surface area contributed by atoms with Crippen molar-refractivity contribution in [3.8, 4) is 5.75 Å². The molecule has 2 aliphatic carbocycles. The zero-order chi connectivity index (χ0) is 28.9. The van der Waals surface area contributed by atoms with Crippen LogP contribution in [0.3, 0.4) is 0 Å². The van der Waals surface area contributed by atoms with Crippen LogP contribution in [0.25, 0.3) is 0 Å². The molecule has 0 bridgehead atoms. The fourth-order valence-corrected chi connectivity index (χ4v) is 7.52. The van der Waals surface area contributed by atoms with Crippen LogP contribution in [0.5, 0.6) is 5.75 Å². The van der Waals surface area contributed by atoms with Crippen LogP contribution < -0.4 is 4.74 Å². The summed E-state index contributed by atoms with van der Waals surface area (Å²) in [6.07, 6.45) is -7.87. The maximum atomic E-state index is 13.7. The number of carboxylic acid groups (broad SMARTS) is 1. The minimum absolute atomic E-state index is 0.0114. The van der Waals surface area contributed by atoms with Crippen molar-refractivity contribution in [2.24, 2.45) is 17.8 Å². The van der Waals surface area contributed by atoms with Crippen molar-refractivity contribution in [3.05, 3.63) is 64.2 Å². The molecule has 2 saturated carbocycles. The van der Waals surface area contributed by atoms with Gasteiger partial charge in [-0.1, -0.05) is 12.1 Å². The van der Waals surface area contributed by atoms with Crippen molar-refractivity contribution < 1.29 is 46.1 Å². The lowest BCUT2D eigenvalue weighted by atomic mass is 9.87. The van der Waals surface area contributed by atoms with Crippen molar-refractivity contribution in [1.29, 1.82) is 0 Å². The van der Waals surface area contributed by atoms with Crippen LogP contribution in [0.15, 0.2) is 36.4 Å². The molecule has 2 N–H and O–H groups in total. The topological polar surface area (TPSA) is 69.8 Å². The highest BCUT2D eigenvalue weighted by atomic mass is 19.4. The summed E-state index contributed by atoms with van der Waals surface area (Å²) < 4.78 is 87.6. The summed E-state index contributed by atoms with van der Waals surface area (Å²) in [4.78, 5) is 13.3. The van der Waals surface area contributed by atoms with E-state index in [0.29, 0.717) is 35.9 Å². The minimum Gasteiger partial charge on any atom is -0.490 e. The number of carbonyl (C=O) groups is 1.